The summed E-state index contributed by atoms with van der Waals surface area (Å²) < 4.78 is 31.7. The zero-order valence-corrected chi connectivity index (χ0v) is 17.6. The smallest absolute Gasteiger partial charge is 0.475 e. The van der Waals surface area contributed by atoms with Crippen LogP contribution >= 0.6 is 11.6 Å². The molecule has 0 aliphatic carbocycles. The molecule has 1 aromatic heterocycles. The fraction of sp³-hybridized carbons (Fsp3) is 0.286. The number of nitrogens with zero attached hydrogens (tertiary/aromatic N) is 2. The Morgan fingerprint density at radius 3 is 2.29 bits per heavy atom. The van der Waals surface area contributed by atoms with E-state index in [1.165, 1.54) is 10.5 Å². The first-order chi connectivity index (χ1) is 14.5. The third kappa shape index (κ3) is 6.80. The van der Waals surface area contributed by atoms with E-state index in [0.717, 1.165) is 36.2 Å². The van der Waals surface area contributed by atoms with Crippen molar-refractivity contribution in [2.24, 2.45) is 0 Å². The van der Waals surface area contributed by atoms with Gasteiger partial charge in [-0.1, -0.05) is 23.7 Å². The maximum Gasteiger partial charge on any atom is 0.490 e. The second-order valence-corrected chi connectivity index (χ2v) is 7.25. The molecule has 2 heterocycles. The van der Waals surface area contributed by atoms with Crippen LogP contribution in [-0.2, 0) is 4.79 Å². The van der Waals surface area contributed by atoms with Crippen LogP contribution in [0.2, 0.25) is 5.02 Å². The fourth-order valence-electron chi connectivity index (χ4n) is 2.77. The summed E-state index contributed by atoms with van der Waals surface area (Å²) in [5, 5.41) is 10.9. The van der Waals surface area contributed by atoms with Gasteiger partial charge in [-0.2, -0.15) is 13.2 Å². The van der Waals surface area contributed by atoms with Gasteiger partial charge in [0.2, 0.25) is 0 Å². The molecule has 0 atom stereocenters. The number of alkyl halides is 3. The van der Waals surface area contributed by atoms with Crippen LogP contribution in [-0.4, -0.2) is 60.2 Å². The second kappa shape index (κ2) is 10.4. The summed E-state index contributed by atoms with van der Waals surface area (Å²) in [5.74, 6) is -2.86. The Labute approximate surface area is 182 Å². The third-order valence-electron chi connectivity index (χ3n) is 4.35. The van der Waals surface area contributed by atoms with Crippen LogP contribution in [0.1, 0.15) is 22.3 Å². The number of hydrogen-bond acceptors (Lipinski definition) is 4. The molecule has 2 N–H and O–H groups in total. The van der Waals surface area contributed by atoms with Crippen molar-refractivity contribution in [2.75, 3.05) is 27.2 Å². The van der Waals surface area contributed by atoms with Crippen molar-refractivity contribution in [2.45, 2.75) is 12.6 Å². The Kier molecular flexibility index (Phi) is 8.18. The van der Waals surface area contributed by atoms with Crippen molar-refractivity contribution in [3.63, 3.8) is 0 Å². The van der Waals surface area contributed by atoms with Crippen LogP contribution < -0.4 is 5.32 Å². The lowest BCUT2D eigenvalue weighted by Crippen LogP contribution is -2.21. The lowest BCUT2D eigenvalue weighted by atomic mass is 9.98. The molecular weight excluding hydrogens is 435 g/mol. The molecule has 31 heavy (non-hydrogen) atoms. The van der Waals surface area contributed by atoms with Gasteiger partial charge < -0.3 is 15.3 Å². The Balaban J connectivity index is 0.000000423. The number of carbonyl (C=O) groups excluding carboxylic acids is 1. The van der Waals surface area contributed by atoms with Gasteiger partial charge in [0.05, 0.1) is 10.6 Å². The minimum absolute atomic E-state index is 0.0988. The van der Waals surface area contributed by atoms with E-state index < -0.39 is 12.1 Å². The van der Waals surface area contributed by atoms with E-state index >= 15 is 0 Å². The van der Waals surface area contributed by atoms with Gasteiger partial charge in [0.1, 0.15) is 0 Å². The number of pyridine rings is 1. The summed E-state index contributed by atoms with van der Waals surface area (Å²) in [7, 11) is 3.43. The van der Waals surface area contributed by atoms with Gasteiger partial charge in [-0.3, -0.25) is 9.78 Å². The van der Waals surface area contributed by atoms with E-state index in [0.29, 0.717) is 10.6 Å². The first kappa shape index (κ1) is 24.4. The lowest BCUT2D eigenvalue weighted by Gasteiger charge is -2.15. The van der Waals surface area contributed by atoms with Crippen molar-refractivity contribution in [1.29, 1.82) is 0 Å². The van der Waals surface area contributed by atoms with E-state index in [9.17, 15) is 18.0 Å². The maximum atomic E-state index is 12.1. The number of hydrogen-bond donors (Lipinski definition) is 2. The van der Waals surface area contributed by atoms with E-state index in [1.807, 2.05) is 24.5 Å². The first-order valence-corrected chi connectivity index (χ1v) is 9.55. The summed E-state index contributed by atoms with van der Waals surface area (Å²) in [6.45, 7) is 1.88. The molecule has 3 rings (SSSR count). The van der Waals surface area contributed by atoms with Crippen LogP contribution in [0.4, 0.5) is 13.2 Å². The summed E-state index contributed by atoms with van der Waals surface area (Å²) in [5.41, 5.74) is 4.92. The number of carboxylic acids is 1. The van der Waals surface area contributed by atoms with Gasteiger partial charge in [-0.15, -0.1) is 0 Å². The average molecular weight is 456 g/mol. The normalized spacial score (nSPS) is 13.5. The highest BCUT2D eigenvalue weighted by Gasteiger charge is 2.38. The molecule has 10 heteroatoms. The molecule has 166 valence electrons. The molecule has 0 fully saturated rings. The molecule has 0 saturated carbocycles. The number of benzene rings is 1. The lowest BCUT2D eigenvalue weighted by molar-refractivity contribution is -0.192. The first-order valence-electron chi connectivity index (χ1n) is 9.17. The minimum atomic E-state index is -5.08. The second-order valence-electron chi connectivity index (χ2n) is 6.84. The number of aromatic nitrogens is 1. The Morgan fingerprint density at radius 2 is 1.77 bits per heavy atom. The minimum Gasteiger partial charge on any atom is -0.475 e. The van der Waals surface area contributed by atoms with Gasteiger partial charge >= 0.3 is 12.1 Å². The number of carbonyl (C=O) groups is 2. The summed E-state index contributed by atoms with van der Waals surface area (Å²) in [6.07, 6.45) is 1.84. The number of nitrogens with one attached hydrogen (secondary N) is 1. The van der Waals surface area contributed by atoms with E-state index in [-0.39, 0.29) is 5.91 Å². The zero-order chi connectivity index (χ0) is 23.2. The van der Waals surface area contributed by atoms with E-state index in [1.54, 1.807) is 20.2 Å². The number of rotatable bonds is 3. The number of halogens is 4. The van der Waals surface area contributed by atoms with E-state index in [4.69, 9.17) is 21.5 Å². The Morgan fingerprint density at radius 1 is 1.13 bits per heavy atom. The van der Waals surface area contributed by atoms with Crippen molar-refractivity contribution < 1.29 is 27.9 Å². The van der Waals surface area contributed by atoms with Crippen molar-refractivity contribution in [1.82, 2.24) is 15.2 Å². The van der Waals surface area contributed by atoms with Crippen LogP contribution in [0.3, 0.4) is 0 Å². The topological polar surface area (TPSA) is 82.5 Å². The van der Waals surface area contributed by atoms with Crippen LogP contribution in [0.15, 0.2) is 42.7 Å². The zero-order valence-electron chi connectivity index (χ0n) is 16.8. The molecule has 0 bridgehead atoms. The molecule has 1 aromatic carbocycles. The summed E-state index contributed by atoms with van der Waals surface area (Å²) in [6, 6.07) is 7.65. The SMILES string of the molecule is CN(C)C(=O)c1ccc(-c2cncc(C3=CCNCC3)c2)cc1Cl.O=C(O)C(F)(F)F. The van der Waals surface area contributed by atoms with Gasteiger partial charge in [0.15, 0.2) is 0 Å². The summed E-state index contributed by atoms with van der Waals surface area (Å²) >= 11 is 6.32. The predicted octanol–water partition coefficient (Wildman–Crippen LogP) is 4.11. The molecule has 0 spiro atoms. The molecule has 0 radical (unpaired) electrons. The third-order valence-corrected chi connectivity index (χ3v) is 4.67. The number of carboxylic acid groups (broad SMARTS) is 1. The summed E-state index contributed by atoms with van der Waals surface area (Å²) in [4.78, 5) is 26.9. The highest BCUT2D eigenvalue weighted by molar-refractivity contribution is 6.34. The molecule has 0 unspecified atom stereocenters. The standard InChI is InChI=1S/C19H20ClN3O.C2HF3O2/c1-23(2)19(24)17-4-3-14(10-18(17)20)16-9-15(11-22-12-16)13-5-7-21-8-6-13;3-2(4,5)1(6)7/h3-5,9-12,21H,6-8H2,1-2H3;(H,6,7). The molecule has 6 nitrogen and oxygen atoms in total. The average Bonchev–Trinajstić information content (AvgIpc) is 2.73. The van der Waals surface area contributed by atoms with Gasteiger partial charge in [0, 0.05) is 38.6 Å². The molecular formula is C21H21ClF3N3O3. The van der Waals surface area contributed by atoms with Crippen molar-refractivity contribution >= 4 is 29.1 Å². The largest absolute Gasteiger partial charge is 0.490 e. The highest BCUT2D eigenvalue weighted by Crippen LogP contribution is 2.28. The molecule has 2 aromatic rings. The van der Waals surface area contributed by atoms with Crippen molar-refractivity contribution in [3.05, 3.63) is 58.9 Å². The molecule has 1 aliphatic heterocycles. The van der Waals surface area contributed by atoms with E-state index in [2.05, 4.69) is 22.4 Å². The number of aliphatic carboxylic acids is 1. The van der Waals surface area contributed by atoms with Crippen molar-refractivity contribution in [3.8, 4) is 11.1 Å². The van der Waals surface area contributed by atoms with Gasteiger partial charge in [-0.05, 0) is 47.9 Å². The predicted molar refractivity (Wildman–Crippen MR) is 112 cm³/mol. The highest BCUT2D eigenvalue weighted by atomic mass is 35.5. The molecule has 0 saturated heterocycles. The van der Waals surface area contributed by atoms with Gasteiger partial charge in [-0.25, -0.2) is 4.79 Å². The Hall–Kier alpha value is -2.91. The fourth-order valence-corrected chi connectivity index (χ4v) is 3.03. The van der Waals surface area contributed by atoms with Gasteiger partial charge in [0.25, 0.3) is 5.91 Å². The van der Waals surface area contributed by atoms with Crippen LogP contribution in [0.25, 0.3) is 16.7 Å². The Bertz CT molecular complexity index is 991. The number of amides is 1. The van der Waals surface area contributed by atoms with Crippen LogP contribution in [0.5, 0.6) is 0 Å². The monoisotopic (exact) mass is 455 g/mol. The quantitative estimate of drug-likeness (QED) is 0.727. The maximum absolute atomic E-state index is 12.1. The molecule has 1 aliphatic rings. The van der Waals surface area contributed by atoms with Crippen LogP contribution in [0, 0.1) is 0 Å². The molecule has 1 amide bonds.